The average Bonchev–Trinajstić information content (AvgIpc) is 2.77. The van der Waals surface area contributed by atoms with Crippen LogP contribution in [0, 0.1) is 0 Å². The Bertz CT molecular complexity index is 1260. The van der Waals surface area contributed by atoms with Crippen molar-refractivity contribution in [2.75, 3.05) is 5.32 Å². The van der Waals surface area contributed by atoms with Gasteiger partial charge in [-0.05, 0) is 63.1 Å². The van der Waals surface area contributed by atoms with Crippen LogP contribution in [-0.4, -0.2) is 27.0 Å². The number of hydrogen-bond acceptors (Lipinski definition) is 4. The van der Waals surface area contributed by atoms with Crippen molar-refractivity contribution in [2.24, 2.45) is 0 Å². The van der Waals surface area contributed by atoms with Gasteiger partial charge in [0.25, 0.3) is 5.56 Å². The molecule has 0 aliphatic carbocycles. The van der Waals surface area contributed by atoms with Crippen LogP contribution < -0.4 is 21.9 Å². The molecule has 0 bridgehead atoms. The quantitative estimate of drug-likeness (QED) is 0.469. The molecule has 8 nitrogen and oxygen atoms in total. The molecule has 174 valence electrons. The zero-order valence-corrected chi connectivity index (χ0v) is 19.4. The van der Waals surface area contributed by atoms with E-state index < -0.39 is 17.2 Å². The summed E-state index contributed by atoms with van der Waals surface area (Å²) in [5.41, 5.74) is -0.0192. The Morgan fingerprint density at radius 1 is 0.939 bits per heavy atom. The van der Waals surface area contributed by atoms with Crippen molar-refractivity contribution in [1.29, 1.82) is 0 Å². The van der Waals surface area contributed by atoms with Crippen molar-refractivity contribution < 1.29 is 9.59 Å². The van der Waals surface area contributed by atoms with E-state index in [1.54, 1.807) is 48.5 Å². The number of halogens is 1. The molecule has 3 aromatic rings. The number of rotatable bonds is 9. The number of benzene rings is 2. The maximum Gasteiger partial charge on any atom is 0.331 e. The third kappa shape index (κ3) is 6.32. The van der Waals surface area contributed by atoms with E-state index in [0.717, 1.165) is 4.57 Å². The van der Waals surface area contributed by atoms with E-state index in [1.165, 1.54) is 4.57 Å². The highest BCUT2D eigenvalue weighted by Crippen LogP contribution is 2.14. The molecule has 0 saturated heterocycles. The first-order valence-electron chi connectivity index (χ1n) is 10.8. The second-order valence-corrected chi connectivity index (χ2v) is 8.51. The lowest BCUT2D eigenvalue weighted by atomic mass is 10.2. The zero-order valence-electron chi connectivity index (χ0n) is 18.6. The van der Waals surface area contributed by atoms with Gasteiger partial charge in [0, 0.05) is 29.7 Å². The summed E-state index contributed by atoms with van der Waals surface area (Å²) in [7, 11) is 0. The zero-order chi connectivity index (χ0) is 24.0. The van der Waals surface area contributed by atoms with Gasteiger partial charge in [0.05, 0.1) is 10.9 Å². The summed E-state index contributed by atoms with van der Waals surface area (Å²) in [4.78, 5) is 50.6. The second-order valence-electron chi connectivity index (χ2n) is 8.08. The number of nitrogens with zero attached hydrogens (tertiary/aromatic N) is 2. The summed E-state index contributed by atoms with van der Waals surface area (Å²) in [6.45, 7) is 3.69. The number of nitrogens with one attached hydrogen (secondary N) is 2. The Morgan fingerprint density at radius 3 is 2.33 bits per heavy atom. The monoisotopic (exact) mass is 470 g/mol. The Morgan fingerprint density at radius 2 is 1.64 bits per heavy atom. The number of fused-ring (bicyclic) bond motifs is 1. The van der Waals surface area contributed by atoms with Gasteiger partial charge in [0.15, 0.2) is 0 Å². The first-order chi connectivity index (χ1) is 15.8. The molecule has 2 N–H and O–H groups in total. The Hall–Kier alpha value is -3.39. The van der Waals surface area contributed by atoms with Crippen molar-refractivity contribution in [3.63, 3.8) is 0 Å². The fourth-order valence-corrected chi connectivity index (χ4v) is 3.67. The molecule has 3 rings (SSSR count). The summed E-state index contributed by atoms with van der Waals surface area (Å²) in [6.07, 6.45) is 1.34. The molecule has 0 radical (unpaired) electrons. The van der Waals surface area contributed by atoms with Crippen LogP contribution in [0.2, 0.25) is 5.02 Å². The van der Waals surface area contributed by atoms with Gasteiger partial charge in [-0.2, -0.15) is 0 Å². The largest absolute Gasteiger partial charge is 0.354 e. The maximum absolute atomic E-state index is 13.2. The molecule has 0 atom stereocenters. The molecule has 2 aromatic carbocycles. The van der Waals surface area contributed by atoms with Gasteiger partial charge >= 0.3 is 5.69 Å². The summed E-state index contributed by atoms with van der Waals surface area (Å²) in [5.74, 6) is -0.465. The smallest absolute Gasteiger partial charge is 0.331 e. The predicted molar refractivity (Wildman–Crippen MR) is 130 cm³/mol. The van der Waals surface area contributed by atoms with Crippen LogP contribution in [-0.2, 0) is 22.7 Å². The molecule has 0 saturated carbocycles. The van der Waals surface area contributed by atoms with Gasteiger partial charge in [-0.1, -0.05) is 23.7 Å². The maximum atomic E-state index is 13.2. The highest BCUT2D eigenvalue weighted by atomic mass is 35.5. The van der Waals surface area contributed by atoms with E-state index in [1.807, 2.05) is 13.8 Å². The van der Waals surface area contributed by atoms with Crippen LogP contribution in [0.3, 0.4) is 0 Å². The van der Waals surface area contributed by atoms with Gasteiger partial charge in [-0.25, -0.2) is 4.79 Å². The van der Waals surface area contributed by atoms with E-state index >= 15 is 0 Å². The van der Waals surface area contributed by atoms with Crippen molar-refractivity contribution in [1.82, 2.24) is 14.5 Å². The van der Waals surface area contributed by atoms with E-state index in [-0.39, 0.29) is 25.0 Å². The van der Waals surface area contributed by atoms with E-state index in [9.17, 15) is 19.2 Å². The lowest BCUT2D eigenvalue weighted by molar-refractivity contribution is -0.121. The standard InChI is InChI=1S/C24H27ClN4O4/c1-16(2)26-21(30)9-5-6-14-28-23(32)19-7-3-4-8-20(19)29(24(28)33)15-22(31)27-18-12-10-17(25)11-13-18/h3-4,7-8,10-13,16H,5-6,9,14-15H2,1-2H3,(H,26,30)(H,27,31). The SMILES string of the molecule is CC(C)NC(=O)CCCCn1c(=O)c2ccccc2n(CC(=O)Nc2ccc(Cl)cc2)c1=O. The number of anilines is 1. The lowest BCUT2D eigenvalue weighted by Crippen LogP contribution is -2.41. The Labute approximate surface area is 196 Å². The fraction of sp³-hybridized carbons (Fsp3) is 0.333. The van der Waals surface area contributed by atoms with E-state index in [4.69, 9.17) is 11.6 Å². The summed E-state index contributed by atoms with van der Waals surface area (Å²) >= 11 is 5.88. The molecule has 1 heterocycles. The van der Waals surface area contributed by atoms with Crippen LogP contribution in [0.5, 0.6) is 0 Å². The predicted octanol–water partition coefficient (Wildman–Crippen LogP) is 3.15. The number of unbranched alkanes of at least 4 members (excludes halogenated alkanes) is 1. The molecule has 0 aliphatic heterocycles. The minimum Gasteiger partial charge on any atom is -0.354 e. The summed E-state index contributed by atoms with van der Waals surface area (Å²) in [6, 6.07) is 13.4. The summed E-state index contributed by atoms with van der Waals surface area (Å²) < 4.78 is 2.44. The third-order valence-electron chi connectivity index (χ3n) is 5.05. The number of amides is 2. The molecule has 1 aromatic heterocycles. The molecule has 0 unspecified atom stereocenters. The normalized spacial score (nSPS) is 11.0. The molecule has 0 spiro atoms. The molecule has 2 amide bonds. The molecule has 0 fully saturated rings. The molecule has 9 heteroatoms. The minimum atomic E-state index is -0.559. The number of aromatic nitrogens is 2. The number of para-hydroxylation sites is 1. The van der Waals surface area contributed by atoms with E-state index in [0.29, 0.717) is 40.9 Å². The molecule has 33 heavy (non-hydrogen) atoms. The first kappa shape index (κ1) is 24.3. The van der Waals surface area contributed by atoms with Gasteiger partial charge < -0.3 is 10.6 Å². The van der Waals surface area contributed by atoms with Gasteiger partial charge in [0.2, 0.25) is 11.8 Å². The number of carbonyl (C=O) groups is 2. The Balaban J connectivity index is 1.81. The van der Waals surface area contributed by atoms with Crippen LogP contribution in [0.4, 0.5) is 5.69 Å². The Kier molecular flexibility index (Phi) is 8.06. The highest BCUT2D eigenvalue weighted by molar-refractivity contribution is 6.30. The van der Waals surface area contributed by atoms with Crippen LogP contribution in [0.25, 0.3) is 10.9 Å². The topological polar surface area (TPSA) is 102 Å². The van der Waals surface area contributed by atoms with Gasteiger partial charge in [-0.3, -0.25) is 23.5 Å². The van der Waals surface area contributed by atoms with Crippen molar-refractivity contribution in [3.8, 4) is 0 Å². The number of hydrogen-bond donors (Lipinski definition) is 2. The molecule has 0 aliphatic rings. The van der Waals surface area contributed by atoms with Crippen LogP contribution >= 0.6 is 11.6 Å². The highest BCUT2D eigenvalue weighted by Gasteiger charge is 2.15. The van der Waals surface area contributed by atoms with E-state index in [2.05, 4.69) is 10.6 Å². The average molecular weight is 471 g/mol. The van der Waals surface area contributed by atoms with Gasteiger partial charge in [0.1, 0.15) is 6.54 Å². The number of carbonyl (C=O) groups excluding carboxylic acids is 2. The second kappa shape index (κ2) is 11.0. The first-order valence-corrected chi connectivity index (χ1v) is 11.2. The van der Waals surface area contributed by atoms with Crippen molar-refractivity contribution in [2.45, 2.75) is 52.2 Å². The van der Waals surface area contributed by atoms with Crippen LogP contribution in [0.15, 0.2) is 58.1 Å². The molecular weight excluding hydrogens is 444 g/mol. The van der Waals surface area contributed by atoms with Gasteiger partial charge in [-0.15, -0.1) is 0 Å². The summed E-state index contributed by atoms with van der Waals surface area (Å²) in [5, 5.41) is 6.45. The molecular formula is C24H27ClN4O4. The van der Waals surface area contributed by atoms with Crippen LogP contribution in [0.1, 0.15) is 33.1 Å². The minimum absolute atomic E-state index is 0.0619. The third-order valence-corrected chi connectivity index (χ3v) is 5.30. The fourth-order valence-electron chi connectivity index (χ4n) is 3.55. The van der Waals surface area contributed by atoms with Crippen molar-refractivity contribution >= 4 is 40.0 Å². The lowest BCUT2D eigenvalue weighted by Gasteiger charge is -2.14. The van der Waals surface area contributed by atoms with Crippen molar-refractivity contribution in [3.05, 3.63) is 74.4 Å².